The number of carbonyl (C=O) groups excluding carboxylic acids is 3. The Bertz CT molecular complexity index is 1100. The first-order valence-electron chi connectivity index (χ1n) is 8.04. The van der Waals surface area contributed by atoms with Crippen molar-refractivity contribution in [1.82, 2.24) is 4.98 Å². The van der Waals surface area contributed by atoms with Crippen LogP contribution in [0.5, 0.6) is 5.75 Å². The molecule has 1 amide bonds. The number of pyridine rings is 1. The van der Waals surface area contributed by atoms with E-state index in [9.17, 15) is 19.5 Å². The monoisotopic (exact) mass is 346 g/mol. The van der Waals surface area contributed by atoms with E-state index in [0.717, 1.165) is 5.39 Å². The van der Waals surface area contributed by atoms with Crippen LogP contribution in [-0.4, -0.2) is 27.6 Å². The Morgan fingerprint density at radius 3 is 2.54 bits per heavy atom. The lowest BCUT2D eigenvalue weighted by atomic mass is 9.97. The highest BCUT2D eigenvalue weighted by Gasteiger charge is 2.42. The molecule has 1 atom stereocenters. The summed E-state index contributed by atoms with van der Waals surface area (Å²) in [5.41, 5.74) is 1.57. The third-order valence-electron chi connectivity index (χ3n) is 4.40. The van der Waals surface area contributed by atoms with Crippen molar-refractivity contribution in [2.24, 2.45) is 0 Å². The minimum absolute atomic E-state index is 0.0518. The molecule has 0 unspecified atom stereocenters. The maximum Gasteiger partial charge on any atom is 0.221 e. The number of nitrogens with zero attached hydrogens (tertiary/aromatic N) is 1. The van der Waals surface area contributed by atoms with Crippen LogP contribution in [0, 0.1) is 0 Å². The first-order valence-corrected chi connectivity index (χ1v) is 8.04. The zero-order valence-corrected chi connectivity index (χ0v) is 13.8. The van der Waals surface area contributed by atoms with Crippen LogP contribution in [0.3, 0.4) is 0 Å². The molecule has 0 aliphatic heterocycles. The van der Waals surface area contributed by atoms with Crippen LogP contribution in [0.1, 0.15) is 39.3 Å². The molecular formula is C20H14N2O4. The summed E-state index contributed by atoms with van der Waals surface area (Å²) in [5.74, 6) is -2.48. The molecule has 1 aliphatic rings. The van der Waals surface area contributed by atoms with Crippen LogP contribution in [0.2, 0.25) is 0 Å². The molecule has 3 aromatic rings. The summed E-state index contributed by atoms with van der Waals surface area (Å²) in [6.45, 7) is 1.36. The molecule has 0 fully saturated rings. The lowest BCUT2D eigenvalue weighted by molar-refractivity contribution is -0.114. The number of ketones is 2. The fourth-order valence-electron chi connectivity index (χ4n) is 3.25. The van der Waals surface area contributed by atoms with Gasteiger partial charge in [0.05, 0.1) is 5.52 Å². The number of carbonyl (C=O) groups is 3. The summed E-state index contributed by atoms with van der Waals surface area (Å²) in [4.78, 5) is 41.2. The van der Waals surface area contributed by atoms with Gasteiger partial charge >= 0.3 is 0 Å². The molecule has 0 radical (unpaired) electrons. The van der Waals surface area contributed by atoms with Gasteiger partial charge in [0.25, 0.3) is 0 Å². The van der Waals surface area contributed by atoms with Gasteiger partial charge in [-0.25, -0.2) is 4.98 Å². The predicted octanol–water partition coefficient (Wildman–Crippen LogP) is 3.06. The summed E-state index contributed by atoms with van der Waals surface area (Å²) >= 11 is 0. The van der Waals surface area contributed by atoms with Gasteiger partial charge in [0.15, 0.2) is 11.6 Å². The van der Waals surface area contributed by atoms with Gasteiger partial charge in [-0.15, -0.1) is 0 Å². The van der Waals surface area contributed by atoms with E-state index in [1.807, 2.05) is 6.07 Å². The van der Waals surface area contributed by atoms with Crippen LogP contribution in [-0.2, 0) is 4.79 Å². The normalized spacial score (nSPS) is 16.0. The Morgan fingerprint density at radius 2 is 1.77 bits per heavy atom. The van der Waals surface area contributed by atoms with Crippen LogP contribution in [0.25, 0.3) is 10.9 Å². The van der Waals surface area contributed by atoms with Crippen LogP contribution < -0.4 is 5.32 Å². The van der Waals surface area contributed by atoms with E-state index in [-0.39, 0.29) is 28.5 Å². The Labute approximate surface area is 148 Å². The van der Waals surface area contributed by atoms with E-state index < -0.39 is 17.5 Å². The third-order valence-corrected chi connectivity index (χ3v) is 4.40. The van der Waals surface area contributed by atoms with Crippen molar-refractivity contribution in [2.75, 3.05) is 5.32 Å². The second-order valence-corrected chi connectivity index (χ2v) is 6.19. The highest BCUT2D eigenvalue weighted by atomic mass is 16.3. The molecule has 1 aliphatic carbocycles. The van der Waals surface area contributed by atoms with Gasteiger partial charge in [0.1, 0.15) is 17.4 Å². The summed E-state index contributed by atoms with van der Waals surface area (Å²) in [5, 5.41) is 13.6. The van der Waals surface area contributed by atoms with Crippen molar-refractivity contribution in [1.29, 1.82) is 0 Å². The summed E-state index contributed by atoms with van der Waals surface area (Å²) in [6, 6.07) is 13.2. The van der Waals surface area contributed by atoms with Gasteiger partial charge in [0, 0.05) is 29.1 Å². The lowest BCUT2D eigenvalue weighted by Crippen LogP contribution is -2.14. The van der Waals surface area contributed by atoms with E-state index >= 15 is 0 Å². The number of benzene rings is 2. The molecule has 1 heterocycles. The van der Waals surface area contributed by atoms with E-state index in [0.29, 0.717) is 11.2 Å². The highest BCUT2D eigenvalue weighted by Crippen LogP contribution is 2.38. The molecule has 6 heteroatoms. The minimum Gasteiger partial charge on any atom is -0.506 e. The summed E-state index contributed by atoms with van der Waals surface area (Å²) < 4.78 is 0. The Balaban J connectivity index is 1.81. The van der Waals surface area contributed by atoms with Gasteiger partial charge < -0.3 is 10.4 Å². The van der Waals surface area contributed by atoms with Gasteiger partial charge in [-0.2, -0.15) is 0 Å². The van der Waals surface area contributed by atoms with Crippen LogP contribution in [0.4, 0.5) is 5.69 Å². The van der Waals surface area contributed by atoms with E-state index in [2.05, 4.69) is 10.3 Å². The van der Waals surface area contributed by atoms with E-state index in [1.165, 1.54) is 25.1 Å². The fourth-order valence-corrected chi connectivity index (χ4v) is 3.25. The number of hydrogen-bond acceptors (Lipinski definition) is 5. The smallest absolute Gasteiger partial charge is 0.221 e. The maximum absolute atomic E-state index is 12.8. The Hall–Kier alpha value is -3.54. The second-order valence-electron chi connectivity index (χ2n) is 6.19. The molecule has 6 nitrogen and oxygen atoms in total. The van der Waals surface area contributed by atoms with Crippen molar-refractivity contribution in [2.45, 2.75) is 12.8 Å². The molecular weight excluding hydrogens is 332 g/mol. The molecule has 128 valence electrons. The van der Waals surface area contributed by atoms with E-state index in [1.54, 1.807) is 24.3 Å². The first-order chi connectivity index (χ1) is 12.5. The number of amides is 1. The zero-order valence-electron chi connectivity index (χ0n) is 13.8. The zero-order chi connectivity index (χ0) is 18.4. The average Bonchev–Trinajstić information content (AvgIpc) is 2.84. The number of nitrogens with one attached hydrogen (secondary N) is 1. The molecule has 4 rings (SSSR count). The number of hydrogen-bond donors (Lipinski definition) is 2. The van der Waals surface area contributed by atoms with Crippen molar-refractivity contribution < 1.29 is 19.5 Å². The number of fused-ring (bicyclic) bond motifs is 2. The molecule has 2 N–H and O–H groups in total. The van der Waals surface area contributed by atoms with Crippen molar-refractivity contribution in [3.8, 4) is 5.75 Å². The molecule has 1 aromatic heterocycles. The third kappa shape index (κ3) is 2.43. The largest absolute Gasteiger partial charge is 0.506 e. The molecule has 0 bridgehead atoms. The van der Waals surface area contributed by atoms with Crippen LogP contribution >= 0.6 is 0 Å². The molecule has 2 aromatic carbocycles. The molecule has 0 spiro atoms. The van der Waals surface area contributed by atoms with E-state index in [4.69, 9.17) is 0 Å². The number of Topliss-reactive ketones (excluding diaryl/α,β-unsaturated/α-hetero) is 2. The number of aromatic hydroxyl groups is 1. The van der Waals surface area contributed by atoms with Gasteiger partial charge in [-0.1, -0.05) is 18.2 Å². The number of aromatic nitrogens is 1. The van der Waals surface area contributed by atoms with Crippen LogP contribution in [0.15, 0.2) is 48.5 Å². The quantitative estimate of drug-likeness (QED) is 0.695. The second kappa shape index (κ2) is 5.77. The summed E-state index contributed by atoms with van der Waals surface area (Å²) in [6.07, 6.45) is 0. The average molecular weight is 346 g/mol. The topological polar surface area (TPSA) is 96.4 Å². The van der Waals surface area contributed by atoms with Gasteiger partial charge in [-0.05, 0) is 30.3 Å². The number of anilines is 1. The minimum atomic E-state index is -1.18. The maximum atomic E-state index is 12.8. The molecule has 26 heavy (non-hydrogen) atoms. The molecule has 0 saturated heterocycles. The van der Waals surface area contributed by atoms with Crippen molar-refractivity contribution in [3.05, 3.63) is 65.4 Å². The first kappa shape index (κ1) is 16.0. The number of rotatable bonds is 2. The SMILES string of the molecule is CC(=O)Nc1ccc2c(c1)C(=O)[C@H](c1nc3ccccc3cc1O)C2=O. The van der Waals surface area contributed by atoms with Crippen molar-refractivity contribution >= 4 is 34.1 Å². The van der Waals surface area contributed by atoms with Gasteiger partial charge in [0.2, 0.25) is 5.91 Å². The predicted molar refractivity (Wildman–Crippen MR) is 95.6 cm³/mol. The number of para-hydroxylation sites is 1. The summed E-state index contributed by atoms with van der Waals surface area (Å²) in [7, 11) is 0. The lowest BCUT2D eigenvalue weighted by Gasteiger charge is -2.10. The standard InChI is InChI=1S/C20H14N2O4/c1-10(23)21-12-6-7-13-14(9-12)20(26)17(19(13)25)18-16(24)8-11-4-2-3-5-15(11)22-18/h2-9,17,24H,1H3,(H,21,23)/t17-/m1/s1. The molecule has 0 saturated carbocycles. The highest BCUT2D eigenvalue weighted by molar-refractivity contribution is 6.30. The van der Waals surface area contributed by atoms with Crippen molar-refractivity contribution in [3.63, 3.8) is 0 Å². The Kier molecular flexibility index (Phi) is 3.54. The van der Waals surface area contributed by atoms with Gasteiger partial charge in [-0.3, -0.25) is 14.4 Å². The fraction of sp³-hybridized carbons (Fsp3) is 0.100. The Morgan fingerprint density at radius 1 is 1.04 bits per heavy atom.